The van der Waals surface area contributed by atoms with Crippen LogP contribution in [-0.4, -0.2) is 16.8 Å². The highest BCUT2D eigenvalue weighted by Gasteiger charge is 2.28. The first-order chi connectivity index (χ1) is 6.51. The summed E-state index contributed by atoms with van der Waals surface area (Å²) in [6.07, 6.45) is 5.17. The molecule has 1 N–H and O–H groups in total. The maximum atomic E-state index is 4.21. The van der Waals surface area contributed by atoms with Crippen molar-refractivity contribution in [2.24, 2.45) is 12.5 Å². The van der Waals surface area contributed by atoms with Gasteiger partial charge >= 0.3 is 0 Å². The Morgan fingerprint density at radius 2 is 2.21 bits per heavy atom. The summed E-state index contributed by atoms with van der Waals surface area (Å²) in [5.74, 6) is 0. The molecule has 0 radical (unpaired) electrons. The average Bonchev–Trinajstić information content (AvgIpc) is 2.53. The SMILES string of the molecule is CCC(C)(C)C(NC)c1cnn(C)c1. The minimum absolute atomic E-state index is 0.262. The second kappa shape index (κ2) is 4.13. The largest absolute Gasteiger partial charge is 0.312 e. The predicted octanol–water partition coefficient (Wildman–Crippen LogP) is 2.12. The highest BCUT2D eigenvalue weighted by Crippen LogP contribution is 2.35. The smallest absolute Gasteiger partial charge is 0.0537 e. The first-order valence-electron chi connectivity index (χ1n) is 5.17. The molecule has 3 nitrogen and oxygen atoms in total. The van der Waals surface area contributed by atoms with E-state index >= 15 is 0 Å². The molecule has 1 unspecified atom stereocenters. The molecule has 1 aromatic rings. The zero-order chi connectivity index (χ0) is 10.8. The van der Waals surface area contributed by atoms with Gasteiger partial charge in [-0.25, -0.2) is 0 Å². The highest BCUT2D eigenvalue weighted by atomic mass is 15.2. The zero-order valence-corrected chi connectivity index (χ0v) is 9.83. The van der Waals surface area contributed by atoms with E-state index in [0.717, 1.165) is 6.42 Å². The molecule has 0 bridgehead atoms. The topological polar surface area (TPSA) is 29.9 Å². The second-order valence-electron chi connectivity index (χ2n) is 4.51. The molecule has 1 aromatic heterocycles. The molecule has 0 aliphatic heterocycles. The van der Waals surface area contributed by atoms with Gasteiger partial charge in [0.15, 0.2) is 0 Å². The van der Waals surface area contributed by atoms with Gasteiger partial charge in [0.1, 0.15) is 0 Å². The van der Waals surface area contributed by atoms with Gasteiger partial charge in [-0.15, -0.1) is 0 Å². The lowest BCUT2D eigenvalue weighted by Gasteiger charge is -2.32. The van der Waals surface area contributed by atoms with E-state index in [1.54, 1.807) is 0 Å². The summed E-state index contributed by atoms with van der Waals surface area (Å²) in [7, 11) is 3.96. The Kier molecular flexibility index (Phi) is 3.32. The molecule has 0 amide bonds. The van der Waals surface area contributed by atoms with Gasteiger partial charge in [0.25, 0.3) is 0 Å². The van der Waals surface area contributed by atoms with Crippen molar-refractivity contribution in [1.82, 2.24) is 15.1 Å². The Labute approximate surface area is 86.5 Å². The van der Waals surface area contributed by atoms with E-state index in [1.165, 1.54) is 5.56 Å². The summed E-state index contributed by atoms with van der Waals surface area (Å²) in [6.45, 7) is 6.78. The minimum atomic E-state index is 0.262. The lowest BCUT2D eigenvalue weighted by atomic mass is 9.79. The van der Waals surface area contributed by atoms with Gasteiger partial charge in [-0.05, 0) is 18.9 Å². The number of aromatic nitrogens is 2. The van der Waals surface area contributed by atoms with Gasteiger partial charge in [0.05, 0.1) is 6.20 Å². The third-order valence-electron chi connectivity index (χ3n) is 3.04. The Bertz CT molecular complexity index is 288. The molecule has 0 aromatic carbocycles. The van der Waals surface area contributed by atoms with Crippen LogP contribution in [0.4, 0.5) is 0 Å². The Balaban J connectivity index is 2.92. The Morgan fingerprint density at radius 1 is 1.57 bits per heavy atom. The van der Waals surface area contributed by atoms with E-state index in [-0.39, 0.29) is 5.41 Å². The molecular weight excluding hydrogens is 174 g/mol. The number of rotatable bonds is 4. The molecule has 0 saturated carbocycles. The van der Waals surface area contributed by atoms with Crippen LogP contribution in [0, 0.1) is 5.41 Å². The third kappa shape index (κ3) is 2.15. The highest BCUT2D eigenvalue weighted by molar-refractivity contribution is 5.13. The van der Waals surface area contributed by atoms with Crippen LogP contribution in [0.25, 0.3) is 0 Å². The molecule has 0 spiro atoms. The Hall–Kier alpha value is -0.830. The van der Waals surface area contributed by atoms with Crippen molar-refractivity contribution in [3.8, 4) is 0 Å². The monoisotopic (exact) mass is 195 g/mol. The number of hydrogen-bond donors (Lipinski definition) is 1. The van der Waals surface area contributed by atoms with Crippen molar-refractivity contribution in [3.05, 3.63) is 18.0 Å². The van der Waals surface area contributed by atoms with E-state index in [9.17, 15) is 0 Å². The van der Waals surface area contributed by atoms with Crippen LogP contribution in [0.2, 0.25) is 0 Å². The van der Waals surface area contributed by atoms with Crippen molar-refractivity contribution in [3.63, 3.8) is 0 Å². The molecule has 1 atom stereocenters. The Morgan fingerprint density at radius 3 is 2.57 bits per heavy atom. The van der Waals surface area contributed by atoms with E-state index in [0.29, 0.717) is 6.04 Å². The van der Waals surface area contributed by atoms with E-state index in [2.05, 4.69) is 37.4 Å². The molecular formula is C11H21N3. The fourth-order valence-corrected chi connectivity index (χ4v) is 1.80. The van der Waals surface area contributed by atoms with Crippen molar-refractivity contribution in [2.75, 3.05) is 7.05 Å². The van der Waals surface area contributed by atoms with E-state index in [4.69, 9.17) is 0 Å². The molecule has 0 fully saturated rings. The normalized spacial score (nSPS) is 14.4. The first kappa shape index (κ1) is 11.2. The maximum Gasteiger partial charge on any atom is 0.0537 e. The van der Waals surface area contributed by atoms with Gasteiger partial charge in [-0.2, -0.15) is 5.10 Å². The van der Waals surface area contributed by atoms with Crippen LogP contribution in [0.3, 0.4) is 0 Å². The van der Waals surface area contributed by atoms with Crippen molar-refractivity contribution < 1.29 is 0 Å². The molecule has 0 saturated heterocycles. The van der Waals surface area contributed by atoms with Gasteiger partial charge in [-0.3, -0.25) is 4.68 Å². The van der Waals surface area contributed by atoms with Gasteiger partial charge in [-0.1, -0.05) is 20.8 Å². The summed E-state index contributed by atoms with van der Waals surface area (Å²) in [4.78, 5) is 0. The lowest BCUT2D eigenvalue weighted by Crippen LogP contribution is -2.31. The second-order valence-corrected chi connectivity index (χ2v) is 4.51. The van der Waals surface area contributed by atoms with Crippen LogP contribution < -0.4 is 5.32 Å². The van der Waals surface area contributed by atoms with Crippen molar-refractivity contribution in [1.29, 1.82) is 0 Å². The third-order valence-corrected chi connectivity index (χ3v) is 3.04. The molecule has 0 aliphatic carbocycles. The van der Waals surface area contributed by atoms with Gasteiger partial charge in [0.2, 0.25) is 0 Å². The molecule has 80 valence electrons. The number of nitrogens with one attached hydrogen (secondary N) is 1. The zero-order valence-electron chi connectivity index (χ0n) is 9.83. The quantitative estimate of drug-likeness (QED) is 0.797. The molecule has 1 rings (SSSR count). The summed E-state index contributed by atoms with van der Waals surface area (Å²) >= 11 is 0. The summed E-state index contributed by atoms with van der Waals surface area (Å²) in [5.41, 5.74) is 1.53. The van der Waals surface area contributed by atoms with Crippen LogP contribution in [-0.2, 0) is 7.05 Å². The van der Waals surface area contributed by atoms with Gasteiger partial charge in [0, 0.05) is 24.8 Å². The molecule has 14 heavy (non-hydrogen) atoms. The fraction of sp³-hybridized carbons (Fsp3) is 0.727. The number of aryl methyl sites for hydroxylation is 1. The average molecular weight is 195 g/mol. The van der Waals surface area contributed by atoms with E-state index in [1.807, 2.05) is 25.0 Å². The molecule has 3 heteroatoms. The lowest BCUT2D eigenvalue weighted by molar-refractivity contribution is 0.245. The maximum absolute atomic E-state index is 4.21. The van der Waals surface area contributed by atoms with Crippen LogP contribution >= 0.6 is 0 Å². The minimum Gasteiger partial charge on any atom is -0.312 e. The standard InChI is InChI=1S/C11H21N3/c1-6-11(2,3)10(12-4)9-7-13-14(5)8-9/h7-8,10,12H,6H2,1-5H3. The molecule has 0 aliphatic rings. The van der Waals surface area contributed by atoms with Crippen LogP contribution in [0.1, 0.15) is 38.8 Å². The molecule has 1 heterocycles. The fourth-order valence-electron chi connectivity index (χ4n) is 1.80. The number of hydrogen-bond acceptors (Lipinski definition) is 2. The number of nitrogens with zero attached hydrogens (tertiary/aromatic N) is 2. The summed E-state index contributed by atoms with van der Waals surface area (Å²) in [6, 6.07) is 0.376. The predicted molar refractivity (Wildman–Crippen MR) is 59.1 cm³/mol. The first-order valence-corrected chi connectivity index (χ1v) is 5.17. The van der Waals surface area contributed by atoms with E-state index < -0.39 is 0 Å². The summed E-state index contributed by atoms with van der Waals surface area (Å²) < 4.78 is 1.85. The van der Waals surface area contributed by atoms with Crippen molar-refractivity contribution >= 4 is 0 Å². The van der Waals surface area contributed by atoms with Crippen LogP contribution in [0.5, 0.6) is 0 Å². The summed E-state index contributed by atoms with van der Waals surface area (Å²) in [5, 5.41) is 7.58. The van der Waals surface area contributed by atoms with Crippen LogP contribution in [0.15, 0.2) is 12.4 Å². The van der Waals surface area contributed by atoms with Gasteiger partial charge < -0.3 is 5.32 Å². The van der Waals surface area contributed by atoms with Crippen molar-refractivity contribution in [2.45, 2.75) is 33.2 Å².